The first-order valence-electron chi connectivity index (χ1n) is 9.32. The Hall–Kier alpha value is -1.27. The lowest BCUT2D eigenvalue weighted by molar-refractivity contribution is -0.173. The van der Waals surface area contributed by atoms with Gasteiger partial charge in [0.2, 0.25) is 0 Å². The Morgan fingerprint density at radius 1 is 1.17 bits per heavy atom. The summed E-state index contributed by atoms with van der Waals surface area (Å²) < 4.78 is 46.1. The number of nitrogens with one attached hydrogen (secondary N) is 2. The predicted molar refractivity (Wildman–Crippen MR) is 118 cm³/mol. The second kappa shape index (κ2) is 14.7. The highest BCUT2D eigenvalue weighted by Crippen LogP contribution is 2.19. The zero-order valence-corrected chi connectivity index (χ0v) is 19.3. The smallest absolute Gasteiger partial charge is 0.411 e. The van der Waals surface area contributed by atoms with Crippen molar-refractivity contribution in [1.29, 1.82) is 0 Å². The van der Waals surface area contributed by atoms with Gasteiger partial charge in [-0.2, -0.15) is 13.2 Å². The molecule has 0 aliphatic rings. The molecule has 1 rings (SSSR count). The van der Waals surface area contributed by atoms with Crippen molar-refractivity contribution < 1.29 is 27.8 Å². The van der Waals surface area contributed by atoms with Crippen LogP contribution in [0.5, 0.6) is 5.75 Å². The largest absolute Gasteiger partial charge is 0.491 e. The SMILES string of the molecule is CCNC(=NCC(O)c1ccc(OC(C)C)cc1)NCCCOCC(F)(F)F.I. The number of aliphatic hydroxyl groups excluding tert-OH is 1. The van der Waals surface area contributed by atoms with Gasteiger partial charge >= 0.3 is 6.18 Å². The Morgan fingerprint density at radius 2 is 1.83 bits per heavy atom. The predicted octanol–water partition coefficient (Wildman–Crippen LogP) is 3.65. The summed E-state index contributed by atoms with van der Waals surface area (Å²) in [5.74, 6) is 1.22. The minimum atomic E-state index is -4.31. The Morgan fingerprint density at radius 3 is 2.38 bits per heavy atom. The van der Waals surface area contributed by atoms with Gasteiger partial charge in [0.1, 0.15) is 12.4 Å². The maximum atomic E-state index is 12.0. The van der Waals surface area contributed by atoms with Crippen molar-refractivity contribution in [3.8, 4) is 5.75 Å². The van der Waals surface area contributed by atoms with Crippen LogP contribution in [0.15, 0.2) is 29.3 Å². The van der Waals surface area contributed by atoms with Gasteiger partial charge in [-0.25, -0.2) is 0 Å². The molecule has 0 fully saturated rings. The van der Waals surface area contributed by atoms with E-state index in [1.54, 1.807) is 24.3 Å². The molecule has 1 unspecified atom stereocenters. The van der Waals surface area contributed by atoms with Crippen LogP contribution >= 0.6 is 24.0 Å². The number of aliphatic imine (C=N–C) groups is 1. The van der Waals surface area contributed by atoms with Crippen molar-refractivity contribution in [2.45, 2.75) is 45.6 Å². The molecule has 0 spiro atoms. The molecule has 3 N–H and O–H groups in total. The quantitative estimate of drug-likeness (QED) is 0.175. The lowest BCUT2D eigenvalue weighted by Crippen LogP contribution is -2.38. The number of nitrogens with zero attached hydrogens (tertiary/aromatic N) is 1. The van der Waals surface area contributed by atoms with Crippen molar-refractivity contribution in [3.05, 3.63) is 29.8 Å². The molecule has 0 amide bonds. The highest BCUT2D eigenvalue weighted by atomic mass is 127. The molecule has 168 valence electrons. The molecule has 0 aromatic heterocycles. The lowest BCUT2D eigenvalue weighted by atomic mass is 10.1. The summed E-state index contributed by atoms with van der Waals surface area (Å²) in [5, 5.41) is 16.3. The van der Waals surface area contributed by atoms with Crippen LogP contribution in [-0.4, -0.2) is 56.2 Å². The highest BCUT2D eigenvalue weighted by molar-refractivity contribution is 14.0. The third-order valence-corrected chi connectivity index (χ3v) is 3.43. The minimum absolute atomic E-state index is 0. The summed E-state index contributed by atoms with van der Waals surface area (Å²) in [6.45, 7) is 5.70. The standard InChI is InChI=1S/C19H30F3N3O3.HI/c1-4-23-18(24-10-5-11-27-13-19(20,21)22)25-12-17(26)15-6-8-16(9-7-15)28-14(2)3;/h6-9,14,17,26H,4-5,10-13H2,1-3H3,(H2,23,24,25);1H. The van der Waals surface area contributed by atoms with Crippen molar-refractivity contribution >= 4 is 29.9 Å². The molecule has 1 aromatic rings. The fraction of sp³-hybridized carbons (Fsp3) is 0.632. The van der Waals surface area contributed by atoms with E-state index in [1.165, 1.54) is 0 Å². The van der Waals surface area contributed by atoms with Crippen molar-refractivity contribution in [2.24, 2.45) is 4.99 Å². The molecule has 0 heterocycles. The third kappa shape index (κ3) is 13.6. The van der Waals surface area contributed by atoms with Gasteiger partial charge in [-0.15, -0.1) is 24.0 Å². The maximum Gasteiger partial charge on any atom is 0.411 e. The van der Waals surface area contributed by atoms with E-state index < -0.39 is 18.9 Å². The number of alkyl halides is 3. The van der Waals surface area contributed by atoms with Crippen LogP contribution in [0.3, 0.4) is 0 Å². The number of halogens is 4. The normalized spacial score (nSPS) is 13.0. The number of hydrogen-bond donors (Lipinski definition) is 3. The molecule has 0 bridgehead atoms. The first-order chi connectivity index (χ1) is 13.2. The molecular formula is C19H31F3IN3O3. The molecule has 6 nitrogen and oxygen atoms in total. The average molecular weight is 533 g/mol. The van der Waals surface area contributed by atoms with Gasteiger partial charge < -0.3 is 25.2 Å². The van der Waals surface area contributed by atoms with Crippen molar-refractivity contribution in [3.63, 3.8) is 0 Å². The Balaban J connectivity index is 0.00000784. The molecule has 1 atom stereocenters. The summed E-state index contributed by atoms with van der Waals surface area (Å²) in [6, 6.07) is 7.17. The van der Waals surface area contributed by atoms with E-state index in [4.69, 9.17) is 4.74 Å². The van der Waals surface area contributed by atoms with Crippen LogP contribution in [0.1, 0.15) is 38.9 Å². The Bertz CT molecular complexity index is 584. The van der Waals surface area contributed by atoms with Crippen LogP contribution in [0.25, 0.3) is 0 Å². The van der Waals surface area contributed by atoms with E-state index in [0.29, 0.717) is 25.5 Å². The van der Waals surface area contributed by atoms with E-state index in [-0.39, 0.29) is 43.2 Å². The number of hydrogen-bond acceptors (Lipinski definition) is 4. The zero-order valence-electron chi connectivity index (χ0n) is 17.0. The number of benzene rings is 1. The first kappa shape index (κ1) is 27.7. The second-order valence-electron chi connectivity index (χ2n) is 6.42. The summed E-state index contributed by atoms with van der Waals surface area (Å²) in [7, 11) is 0. The van der Waals surface area contributed by atoms with Crippen molar-refractivity contribution in [2.75, 3.05) is 32.8 Å². The van der Waals surface area contributed by atoms with Crippen LogP contribution in [-0.2, 0) is 4.74 Å². The zero-order chi connectivity index (χ0) is 21.0. The van der Waals surface area contributed by atoms with Gasteiger partial charge in [-0.05, 0) is 44.9 Å². The van der Waals surface area contributed by atoms with Gasteiger partial charge in [0.05, 0.1) is 18.8 Å². The first-order valence-corrected chi connectivity index (χ1v) is 9.32. The van der Waals surface area contributed by atoms with E-state index in [0.717, 1.165) is 11.3 Å². The molecule has 0 aliphatic heterocycles. The number of aliphatic hydroxyl groups is 1. The monoisotopic (exact) mass is 533 g/mol. The summed E-state index contributed by atoms with van der Waals surface area (Å²) in [6.07, 6.45) is -4.61. The third-order valence-electron chi connectivity index (χ3n) is 3.43. The van der Waals surface area contributed by atoms with Gasteiger partial charge in [0.15, 0.2) is 5.96 Å². The van der Waals surface area contributed by atoms with E-state index in [2.05, 4.69) is 20.4 Å². The number of rotatable bonds is 11. The van der Waals surface area contributed by atoms with Gasteiger partial charge in [0.25, 0.3) is 0 Å². The molecule has 0 saturated carbocycles. The average Bonchev–Trinajstić information content (AvgIpc) is 2.61. The molecule has 1 aromatic carbocycles. The van der Waals surface area contributed by atoms with Crippen LogP contribution < -0.4 is 15.4 Å². The molecule has 29 heavy (non-hydrogen) atoms. The topological polar surface area (TPSA) is 75.1 Å². The summed E-state index contributed by atoms with van der Waals surface area (Å²) >= 11 is 0. The van der Waals surface area contributed by atoms with E-state index >= 15 is 0 Å². The fourth-order valence-electron chi connectivity index (χ4n) is 2.23. The van der Waals surface area contributed by atoms with Gasteiger partial charge in [0, 0.05) is 19.7 Å². The van der Waals surface area contributed by atoms with Crippen LogP contribution in [0.2, 0.25) is 0 Å². The summed E-state index contributed by atoms with van der Waals surface area (Å²) in [4.78, 5) is 4.31. The highest BCUT2D eigenvalue weighted by Gasteiger charge is 2.27. The minimum Gasteiger partial charge on any atom is -0.491 e. The number of ether oxygens (including phenoxy) is 2. The van der Waals surface area contributed by atoms with Crippen LogP contribution in [0.4, 0.5) is 13.2 Å². The van der Waals surface area contributed by atoms with Gasteiger partial charge in [-0.1, -0.05) is 12.1 Å². The maximum absolute atomic E-state index is 12.0. The van der Waals surface area contributed by atoms with E-state index in [1.807, 2.05) is 20.8 Å². The summed E-state index contributed by atoms with van der Waals surface area (Å²) in [5.41, 5.74) is 0.719. The lowest BCUT2D eigenvalue weighted by Gasteiger charge is -2.14. The van der Waals surface area contributed by atoms with Crippen molar-refractivity contribution in [1.82, 2.24) is 10.6 Å². The number of guanidine groups is 1. The molecule has 0 radical (unpaired) electrons. The van der Waals surface area contributed by atoms with Gasteiger partial charge in [-0.3, -0.25) is 4.99 Å². The van der Waals surface area contributed by atoms with Crippen LogP contribution in [0, 0.1) is 0 Å². The fourth-order valence-corrected chi connectivity index (χ4v) is 2.23. The molecule has 10 heteroatoms. The second-order valence-corrected chi connectivity index (χ2v) is 6.42. The molecular weight excluding hydrogens is 502 g/mol. The molecule has 0 aliphatic carbocycles. The molecule has 0 saturated heterocycles. The Kier molecular flexibility index (Phi) is 14.0. The van der Waals surface area contributed by atoms with E-state index in [9.17, 15) is 18.3 Å². The Labute approximate surface area is 187 Å².